The number of H-pyrrole nitrogens is 1. The van der Waals surface area contributed by atoms with Gasteiger partial charge in [0.05, 0.1) is 16.7 Å². The molecule has 3 aromatic carbocycles. The van der Waals surface area contributed by atoms with Crippen LogP contribution in [0.4, 0.5) is 5.69 Å². The van der Waals surface area contributed by atoms with Crippen molar-refractivity contribution in [1.29, 1.82) is 0 Å². The summed E-state index contributed by atoms with van der Waals surface area (Å²) >= 11 is 0. The number of nitrogens with zero attached hydrogens (tertiary/aromatic N) is 2. The number of anilines is 1. The highest BCUT2D eigenvalue weighted by molar-refractivity contribution is 6.35. The van der Waals surface area contributed by atoms with Gasteiger partial charge in [0.25, 0.3) is 11.8 Å². The average molecular weight is 343 g/mol. The third-order valence-corrected chi connectivity index (χ3v) is 4.92. The van der Waals surface area contributed by atoms with Gasteiger partial charge in [0.2, 0.25) is 0 Å². The average Bonchev–Trinajstić information content (AvgIpc) is 2.94. The van der Waals surface area contributed by atoms with Gasteiger partial charge in [-0.15, -0.1) is 0 Å². The summed E-state index contributed by atoms with van der Waals surface area (Å²) < 4.78 is 1.45. The Kier molecular flexibility index (Phi) is 2.77. The molecule has 0 fully saturated rings. The van der Waals surface area contributed by atoms with Gasteiger partial charge in [-0.2, -0.15) is 0 Å². The highest BCUT2D eigenvalue weighted by Crippen LogP contribution is 2.33. The first-order valence-corrected chi connectivity index (χ1v) is 8.15. The van der Waals surface area contributed by atoms with E-state index in [0.29, 0.717) is 33.2 Å². The molecule has 0 atom stereocenters. The largest absolute Gasteiger partial charge is 0.326 e. The molecule has 0 bridgehead atoms. The molecule has 0 saturated heterocycles. The minimum absolute atomic E-state index is 0.247. The summed E-state index contributed by atoms with van der Waals surface area (Å²) in [7, 11) is 1.64. The fourth-order valence-corrected chi connectivity index (χ4v) is 3.62. The van der Waals surface area contributed by atoms with Crippen LogP contribution < -0.4 is 10.6 Å². The van der Waals surface area contributed by atoms with Crippen LogP contribution in [0.15, 0.2) is 59.4 Å². The minimum Gasteiger partial charge on any atom is -0.306 e. The molecule has 2 amide bonds. The Morgan fingerprint density at radius 1 is 0.846 bits per heavy atom. The Bertz CT molecular complexity index is 1260. The number of carbonyl (C=O) groups excluding carboxylic acids is 2. The predicted molar refractivity (Wildman–Crippen MR) is 98.6 cm³/mol. The number of imidazole rings is 1. The molecule has 1 aliphatic heterocycles. The van der Waals surface area contributed by atoms with Gasteiger partial charge < -0.3 is 4.98 Å². The van der Waals surface area contributed by atoms with E-state index in [1.165, 1.54) is 9.47 Å². The molecule has 2 heterocycles. The summed E-state index contributed by atoms with van der Waals surface area (Å²) in [6, 6.07) is 15.9. The van der Waals surface area contributed by atoms with Crippen LogP contribution in [-0.4, -0.2) is 21.4 Å². The van der Waals surface area contributed by atoms with Crippen molar-refractivity contribution >= 4 is 39.3 Å². The molecule has 0 spiro atoms. The first-order chi connectivity index (χ1) is 12.6. The van der Waals surface area contributed by atoms with Crippen LogP contribution in [-0.2, 0) is 7.05 Å². The van der Waals surface area contributed by atoms with E-state index in [-0.39, 0.29) is 17.5 Å². The second kappa shape index (κ2) is 4.92. The van der Waals surface area contributed by atoms with Crippen LogP contribution in [0.2, 0.25) is 0 Å². The first kappa shape index (κ1) is 14.7. The van der Waals surface area contributed by atoms with Crippen LogP contribution in [0.5, 0.6) is 0 Å². The maximum atomic E-state index is 13.1. The molecule has 1 aromatic heterocycles. The number of hydrogen-bond acceptors (Lipinski definition) is 3. The summed E-state index contributed by atoms with van der Waals surface area (Å²) in [5, 5.41) is 1.56. The van der Waals surface area contributed by atoms with Crippen molar-refractivity contribution in [2.75, 3.05) is 4.90 Å². The molecule has 4 aromatic rings. The van der Waals surface area contributed by atoms with Gasteiger partial charge in [0, 0.05) is 23.6 Å². The molecular formula is C20H13N3O3. The number of imide groups is 1. The molecular weight excluding hydrogens is 330 g/mol. The van der Waals surface area contributed by atoms with Crippen molar-refractivity contribution in [3.05, 3.63) is 76.2 Å². The van der Waals surface area contributed by atoms with Gasteiger partial charge in [0.1, 0.15) is 0 Å². The van der Waals surface area contributed by atoms with Crippen LogP contribution in [0.1, 0.15) is 20.7 Å². The number of rotatable bonds is 1. The molecule has 1 N–H and O–H groups in total. The highest BCUT2D eigenvalue weighted by Gasteiger charge is 2.33. The molecule has 0 aliphatic carbocycles. The van der Waals surface area contributed by atoms with E-state index < -0.39 is 0 Å². The fraction of sp³-hybridized carbons (Fsp3) is 0.0500. The highest BCUT2D eigenvalue weighted by atomic mass is 16.2. The lowest BCUT2D eigenvalue weighted by Gasteiger charge is -2.27. The van der Waals surface area contributed by atoms with Gasteiger partial charge in [-0.3, -0.25) is 14.2 Å². The van der Waals surface area contributed by atoms with E-state index >= 15 is 0 Å². The lowest BCUT2D eigenvalue weighted by atomic mass is 9.94. The lowest BCUT2D eigenvalue weighted by Crippen LogP contribution is -2.40. The third-order valence-electron chi connectivity index (χ3n) is 4.92. The van der Waals surface area contributed by atoms with Crippen molar-refractivity contribution in [3.63, 3.8) is 0 Å². The predicted octanol–water partition coefficient (Wildman–Crippen LogP) is 2.82. The zero-order valence-corrected chi connectivity index (χ0v) is 13.8. The number of aromatic nitrogens is 2. The number of hydrogen-bond donors (Lipinski definition) is 1. The summed E-state index contributed by atoms with van der Waals surface area (Å²) in [5.41, 5.74) is 2.48. The van der Waals surface area contributed by atoms with E-state index in [1.807, 2.05) is 24.3 Å². The Labute approximate surface area is 147 Å². The van der Waals surface area contributed by atoms with Crippen molar-refractivity contribution in [2.24, 2.45) is 7.05 Å². The number of benzene rings is 3. The van der Waals surface area contributed by atoms with Crippen LogP contribution in [0.3, 0.4) is 0 Å². The van der Waals surface area contributed by atoms with Crippen LogP contribution in [0, 0.1) is 0 Å². The van der Waals surface area contributed by atoms with Crippen molar-refractivity contribution in [3.8, 4) is 0 Å². The zero-order chi connectivity index (χ0) is 18.0. The van der Waals surface area contributed by atoms with Crippen molar-refractivity contribution in [1.82, 2.24) is 9.55 Å². The first-order valence-electron chi connectivity index (χ1n) is 8.15. The van der Waals surface area contributed by atoms with E-state index in [9.17, 15) is 14.4 Å². The number of aromatic amines is 1. The Morgan fingerprint density at radius 2 is 1.50 bits per heavy atom. The Hall–Kier alpha value is -3.67. The number of amides is 2. The van der Waals surface area contributed by atoms with E-state index in [1.54, 1.807) is 37.4 Å². The van der Waals surface area contributed by atoms with Gasteiger partial charge in [-0.1, -0.05) is 24.3 Å². The monoisotopic (exact) mass is 343 g/mol. The molecule has 6 nitrogen and oxygen atoms in total. The molecule has 6 heteroatoms. The summed E-state index contributed by atoms with van der Waals surface area (Å²) in [6.07, 6.45) is 0. The second-order valence-corrected chi connectivity index (χ2v) is 6.35. The van der Waals surface area contributed by atoms with Gasteiger partial charge >= 0.3 is 5.69 Å². The summed E-state index contributed by atoms with van der Waals surface area (Å²) in [4.78, 5) is 41.8. The van der Waals surface area contributed by atoms with Crippen LogP contribution in [0.25, 0.3) is 21.8 Å². The lowest BCUT2D eigenvalue weighted by molar-refractivity contribution is 0.0893. The smallest absolute Gasteiger partial charge is 0.306 e. The third kappa shape index (κ3) is 1.78. The topological polar surface area (TPSA) is 75.2 Å². The summed E-state index contributed by atoms with van der Waals surface area (Å²) in [5.74, 6) is -0.724. The van der Waals surface area contributed by atoms with E-state index in [4.69, 9.17) is 0 Å². The molecule has 0 radical (unpaired) electrons. The maximum absolute atomic E-state index is 13.1. The number of aryl methyl sites for hydroxylation is 1. The maximum Gasteiger partial charge on any atom is 0.326 e. The Morgan fingerprint density at radius 3 is 2.15 bits per heavy atom. The van der Waals surface area contributed by atoms with Crippen LogP contribution >= 0.6 is 0 Å². The number of fused-ring (bicyclic) bond motifs is 1. The SMILES string of the molecule is Cn1c(=O)[nH]c2ccc(N3C(=O)c4cccc5cccc(c45)C3=O)cc21. The second-order valence-electron chi connectivity index (χ2n) is 6.35. The molecule has 126 valence electrons. The van der Waals surface area contributed by atoms with Gasteiger partial charge in [0.15, 0.2) is 0 Å². The molecule has 0 saturated carbocycles. The van der Waals surface area contributed by atoms with E-state index in [0.717, 1.165) is 5.39 Å². The Balaban J connectivity index is 1.76. The van der Waals surface area contributed by atoms with Gasteiger partial charge in [-0.05, 0) is 35.7 Å². The minimum atomic E-state index is -0.362. The zero-order valence-electron chi connectivity index (χ0n) is 13.8. The fourth-order valence-electron chi connectivity index (χ4n) is 3.62. The molecule has 5 rings (SSSR count). The quantitative estimate of drug-likeness (QED) is 0.540. The number of carbonyl (C=O) groups is 2. The molecule has 26 heavy (non-hydrogen) atoms. The van der Waals surface area contributed by atoms with Crippen molar-refractivity contribution < 1.29 is 9.59 Å². The molecule has 0 unspecified atom stereocenters. The molecule has 1 aliphatic rings. The standard InChI is InChI=1S/C20H13N3O3/c1-22-16-10-12(8-9-15(16)21-20(22)26)23-18(24)13-6-2-4-11-5-3-7-14(17(11)13)19(23)25/h2-10H,1H3,(H,21,26). The number of nitrogens with one attached hydrogen (secondary N) is 1. The van der Waals surface area contributed by atoms with E-state index in [2.05, 4.69) is 4.98 Å². The summed E-state index contributed by atoms with van der Waals surface area (Å²) in [6.45, 7) is 0. The normalized spacial score (nSPS) is 13.8. The van der Waals surface area contributed by atoms with Crippen molar-refractivity contribution in [2.45, 2.75) is 0 Å². The van der Waals surface area contributed by atoms with Gasteiger partial charge in [-0.25, -0.2) is 9.69 Å².